The van der Waals surface area contributed by atoms with Crippen LogP contribution in [0.15, 0.2) is 6.07 Å². The van der Waals surface area contributed by atoms with Crippen molar-refractivity contribution in [1.29, 1.82) is 0 Å². The maximum Gasteiger partial charge on any atom is 0.0849 e. The van der Waals surface area contributed by atoms with Crippen LogP contribution < -0.4 is 0 Å². The molecule has 0 aromatic carbocycles. The van der Waals surface area contributed by atoms with Crippen molar-refractivity contribution < 1.29 is 5.11 Å². The average Bonchev–Trinajstić information content (AvgIpc) is 2.60. The Balaban J connectivity index is 1.97. The predicted molar refractivity (Wildman–Crippen MR) is 62.9 cm³/mol. The molecule has 0 saturated carbocycles. The van der Waals surface area contributed by atoms with Gasteiger partial charge in [0.1, 0.15) is 0 Å². The lowest BCUT2D eigenvalue weighted by Gasteiger charge is -2.19. The highest BCUT2D eigenvalue weighted by Gasteiger charge is 2.16. The SMILES string of the molecule is Cn1nc(CC2CCCSC2)cc1CO. The summed E-state index contributed by atoms with van der Waals surface area (Å²) in [4.78, 5) is 0. The van der Waals surface area contributed by atoms with Crippen molar-refractivity contribution in [3.8, 4) is 0 Å². The molecular weight excluding hydrogens is 208 g/mol. The summed E-state index contributed by atoms with van der Waals surface area (Å²) in [5.74, 6) is 3.37. The summed E-state index contributed by atoms with van der Waals surface area (Å²) >= 11 is 2.06. The molecule has 84 valence electrons. The normalized spacial score (nSPS) is 21.9. The standard InChI is InChI=1S/C11H18N2OS/c1-13-11(7-14)6-10(12-13)5-9-3-2-4-15-8-9/h6,9,14H,2-5,7-8H2,1H3. The Morgan fingerprint density at radius 2 is 2.53 bits per heavy atom. The summed E-state index contributed by atoms with van der Waals surface area (Å²) in [5.41, 5.74) is 2.04. The molecule has 2 rings (SSSR count). The van der Waals surface area contributed by atoms with E-state index in [1.807, 2.05) is 13.1 Å². The summed E-state index contributed by atoms with van der Waals surface area (Å²) in [7, 11) is 1.89. The molecule has 0 spiro atoms. The highest BCUT2D eigenvalue weighted by Crippen LogP contribution is 2.25. The first-order valence-corrected chi connectivity index (χ1v) is 6.65. The van der Waals surface area contributed by atoms with Gasteiger partial charge in [0.05, 0.1) is 18.0 Å². The van der Waals surface area contributed by atoms with Crippen LogP contribution in [0.25, 0.3) is 0 Å². The van der Waals surface area contributed by atoms with Crippen molar-refractivity contribution in [1.82, 2.24) is 9.78 Å². The van der Waals surface area contributed by atoms with E-state index in [-0.39, 0.29) is 6.61 Å². The van der Waals surface area contributed by atoms with Crippen LogP contribution in [0, 0.1) is 5.92 Å². The lowest BCUT2D eigenvalue weighted by molar-refractivity contribution is 0.270. The first kappa shape index (κ1) is 11.0. The van der Waals surface area contributed by atoms with Gasteiger partial charge in [0.2, 0.25) is 0 Å². The van der Waals surface area contributed by atoms with Crippen molar-refractivity contribution in [3.63, 3.8) is 0 Å². The van der Waals surface area contributed by atoms with Gasteiger partial charge in [0, 0.05) is 7.05 Å². The third kappa shape index (κ3) is 2.75. The highest BCUT2D eigenvalue weighted by atomic mass is 32.2. The van der Waals surface area contributed by atoms with Gasteiger partial charge in [0.15, 0.2) is 0 Å². The summed E-state index contributed by atoms with van der Waals surface area (Å²) < 4.78 is 1.78. The average molecular weight is 226 g/mol. The zero-order chi connectivity index (χ0) is 10.7. The number of hydrogen-bond donors (Lipinski definition) is 1. The van der Waals surface area contributed by atoms with Crippen LogP contribution in [0.3, 0.4) is 0 Å². The number of nitrogens with zero attached hydrogens (tertiary/aromatic N) is 2. The monoisotopic (exact) mass is 226 g/mol. The summed E-state index contributed by atoms with van der Waals surface area (Å²) in [6.07, 6.45) is 3.74. The molecule has 0 aliphatic carbocycles. The lowest BCUT2D eigenvalue weighted by atomic mass is 9.99. The topological polar surface area (TPSA) is 38.0 Å². The van der Waals surface area contributed by atoms with Crippen LogP contribution in [-0.2, 0) is 20.1 Å². The Labute approximate surface area is 94.9 Å². The van der Waals surface area contributed by atoms with Gasteiger partial charge in [-0.1, -0.05) is 0 Å². The van der Waals surface area contributed by atoms with E-state index in [1.165, 1.54) is 24.3 Å². The Kier molecular flexibility index (Phi) is 3.70. The fourth-order valence-corrected chi connectivity index (χ4v) is 3.24. The molecule has 2 heterocycles. The number of aliphatic hydroxyl groups excluding tert-OH is 1. The van der Waals surface area contributed by atoms with Crippen LogP contribution in [0.4, 0.5) is 0 Å². The molecule has 3 nitrogen and oxygen atoms in total. The van der Waals surface area contributed by atoms with Gasteiger partial charge >= 0.3 is 0 Å². The molecule has 1 unspecified atom stereocenters. The summed E-state index contributed by atoms with van der Waals surface area (Å²) in [6.45, 7) is 0.0862. The minimum atomic E-state index is 0.0862. The maximum atomic E-state index is 9.07. The van der Waals surface area contributed by atoms with Crippen molar-refractivity contribution >= 4 is 11.8 Å². The van der Waals surface area contributed by atoms with Crippen molar-refractivity contribution in [2.75, 3.05) is 11.5 Å². The molecule has 1 saturated heterocycles. The molecule has 1 aliphatic rings. The van der Waals surface area contributed by atoms with E-state index in [1.54, 1.807) is 4.68 Å². The molecule has 1 fully saturated rings. The van der Waals surface area contributed by atoms with E-state index in [4.69, 9.17) is 5.11 Å². The number of aryl methyl sites for hydroxylation is 1. The second kappa shape index (κ2) is 5.03. The van der Waals surface area contributed by atoms with E-state index >= 15 is 0 Å². The van der Waals surface area contributed by atoms with E-state index in [2.05, 4.69) is 16.9 Å². The van der Waals surface area contributed by atoms with Crippen LogP contribution in [0.1, 0.15) is 24.2 Å². The van der Waals surface area contributed by atoms with Gasteiger partial charge in [0.25, 0.3) is 0 Å². The Hall–Kier alpha value is -0.480. The minimum absolute atomic E-state index is 0.0862. The number of aliphatic hydroxyl groups is 1. The molecular formula is C11H18N2OS. The molecule has 1 atom stereocenters. The minimum Gasteiger partial charge on any atom is -0.390 e. The molecule has 1 aromatic heterocycles. The summed E-state index contributed by atoms with van der Waals surface area (Å²) in [5, 5.41) is 13.5. The number of aromatic nitrogens is 2. The van der Waals surface area contributed by atoms with E-state index in [9.17, 15) is 0 Å². The number of thioether (sulfide) groups is 1. The Morgan fingerprint density at radius 3 is 3.13 bits per heavy atom. The highest BCUT2D eigenvalue weighted by molar-refractivity contribution is 7.99. The third-order valence-electron chi connectivity index (χ3n) is 2.94. The fraction of sp³-hybridized carbons (Fsp3) is 0.727. The molecule has 0 radical (unpaired) electrons. The quantitative estimate of drug-likeness (QED) is 0.850. The Bertz CT molecular complexity index is 318. The van der Waals surface area contributed by atoms with Crippen LogP contribution >= 0.6 is 11.8 Å². The first-order chi connectivity index (χ1) is 7.29. The maximum absolute atomic E-state index is 9.07. The van der Waals surface area contributed by atoms with Gasteiger partial charge < -0.3 is 5.11 Å². The smallest absolute Gasteiger partial charge is 0.0849 e. The van der Waals surface area contributed by atoms with Crippen molar-refractivity contribution in [3.05, 3.63) is 17.5 Å². The van der Waals surface area contributed by atoms with Crippen LogP contribution in [0.5, 0.6) is 0 Å². The zero-order valence-corrected chi connectivity index (χ0v) is 9.96. The second-order valence-corrected chi connectivity index (χ2v) is 5.35. The third-order valence-corrected chi connectivity index (χ3v) is 4.23. The molecule has 1 aliphatic heterocycles. The molecule has 0 bridgehead atoms. The number of rotatable bonds is 3. The first-order valence-electron chi connectivity index (χ1n) is 5.50. The predicted octanol–water partition coefficient (Wildman–Crippen LogP) is 1.60. The molecule has 1 aromatic rings. The van der Waals surface area contributed by atoms with Crippen molar-refractivity contribution in [2.45, 2.75) is 25.9 Å². The largest absolute Gasteiger partial charge is 0.390 e. The van der Waals surface area contributed by atoms with Crippen LogP contribution in [-0.4, -0.2) is 26.4 Å². The molecule has 15 heavy (non-hydrogen) atoms. The van der Waals surface area contributed by atoms with Gasteiger partial charge in [-0.3, -0.25) is 4.68 Å². The van der Waals surface area contributed by atoms with E-state index in [0.717, 1.165) is 23.7 Å². The summed E-state index contributed by atoms with van der Waals surface area (Å²) in [6, 6.07) is 2.03. The molecule has 1 N–H and O–H groups in total. The number of hydrogen-bond acceptors (Lipinski definition) is 3. The molecule has 0 amide bonds. The lowest BCUT2D eigenvalue weighted by Crippen LogP contribution is -2.13. The molecule has 4 heteroatoms. The van der Waals surface area contributed by atoms with Gasteiger partial charge in [-0.05, 0) is 42.8 Å². The van der Waals surface area contributed by atoms with Gasteiger partial charge in [-0.15, -0.1) is 0 Å². The van der Waals surface area contributed by atoms with Gasteiger partial charge in [-0.2, -0.15) is 16.9 Å². The van der Waals surface area contributed by atoms with E-state index in [0.29, 0.717) is 0 Å². The van der Waals surface area contributed by atoms with Crippen LogP contribution in [0.2, 0.25) is 0 Å². The Morgan fingerprint density at radius 1 is 1.67 bits per heavy atom. The van der Waals surface area contributed by atoms with Gasteiger partial charge in [-0.25, -0.2) is 0 Å². The zero-order valence-electron chi connectivity index (χ0n) is 9.15. The fourth-order valence-electron chi connectivity index (χ4n) is 2.08. The van der Waals surface area contributed by atoms with E-state index < -0.39 is 0 Å². The second-order valence-electron chi connectivity index (χ2n) is 4.20. The van der Waals surface area contributed by atoms with Crippen molar-refractivity contribution in [2.24, 2.45) is 13.0 Å².